The van der Waals surface area contributed by atoms with Crippen LogP contribution in [0.25, 0.3) is 0 Å². The van der Waals surface area contributed by atoms with Crippen LogP contribution in [0.3, 0.4) is 0 Å². The average molecular weight is 526 g/mol. The van der Waals surface area contributed by atoms with Gasteiger partial charge in [-0.1, -0.05) is 105 Å². The highest BCUT2D eigenvalue weighted by Crippen LogP contribution is 2.25. The second-order valence-electron chi connectivity index (χ2n) is 10.0. The summed E-state index contributed by atoms with van der Waals surface area (Å²) in [4.78, 5) is 28.3. The van der Waals surface area contributed by atoms with E-state index >= 15 is 0 Å². The van der Waals surface area contributed by atoms with Gasteiger partial charge in [-0.05, 0) is 46.2 Å². The van der Waals surface area contributed by atoms with Crippen molar-refractivity contribution in [3.05, 3.63) is 105 Å². The molecular formula is C30H34Cl2N2O2. The van der Waals surface area contributed by atoms with Gasteiger partial charge in [-0.25, -0.2) is 0 Å². The highest BCUT2D eigenvalue weighted by Gasteiger charge is 2.30. The SMILES string of the molecule is CNC(=O)[C@@H](Cc1ccccc1)N(Cc1ccc(Cl)cc1Cl)C(=O)CCc1ccc(C(C)(C)C)cc1. The van der Waals surface area contributed by atoms with E-state index in [1.54, 1.807) is 30.1 Å². The van der Waals surface area contributed by atoms with Gasteiger partial charge in [0, 0.05) is 36.5 Å². The predicted molar refractivity (Wildman–Crippen MR) is 148 cm³/mol. The van der Waals surface area contributed by atoms with Crippen molar-refractivity contribution in [3.63, 3.8) is 0 Å². The number of halogens is 2. The van der Waals surface area contributed by atoms with Gasteiger partial charge in [0.05, 0.1) is 0 Å². The second kappa shape index (κ2) is 12.4. The third-order valence-electron chi connectivity index (χ3n) is 6.32. The van der Waals surface area contributed by atoms with E-state index in [-0.39, 0.29) is 30.2 Å². The molecule has 4 nitrogen and oxygen atoms in total. The van der Waals surface area contributed by atoms with Crippen molar-refractivity contribution in [3.8, 4) is 0 Å². The minimum Gasteiger partial charge on any atom is -0.357 e. The minimum absolute atomic E-state index is 0.0706. The number of hydrogen-bond donors (Lipinski definition) is 1. The first-order valence-electron chi connectivity index (χ1n) is 12.2. The molecule has 1 N–H and O–H groups in total. The summed E-state index contributed by atoms with van der Waals surface area (Å²) in [5, 5.41) is 3.72. The lowest BCUT2D eigenvalue weighted by atomic mass is 9.86. The lowest BCUT2D eigenvalue weighted by Crippen LogP contribution is -2.49. The quantitative estimate of drug-likeness (QED) is 0.342. The van der Waals surface area contributed by atoms with Crippen LogP contribution in [0.15, 0.2) is 72.8 Å². The Bertz CT molecular complexity index is 1170. The van der Waals surface area contributed by atoms with Crippen LogP contribution in [-0.4, -0.2) is 29.8 Å². The first kappa shape index (κ1) is 27.8. The molecule has 0 fully saturated rings. The molecule has 0 aliphatic heterocycles. The summed E-state index contributed by atoms with van der Waals surface area (Å²) in [5.41, 5.74) is 4.12. The Morgan fingerprint density at radius 1 is 0.917 bits per heavy atom. The zero-order valence-electron chi connectivity index (χ0n) is 21.4. The molecule has 0 spiro atoms. The normalized spacial score (nSPS) is 12.2. The number of amides is 2. The zero-order chi connectivity index (χ0) is 26.3. The zero-order valence-corrected chi connectivity index (χ0v) is 22.9. The topological polar surface area (TPSA) is 49.4 Å². The van der Waals surface area contributed by atoms with Gasteiger partial charge in [-0.15, -0.1) is 0 Å². The molecule has 190 valence electrons. The van der Waals surface area contributed by atoms with Crippen molar-refractivity contribution >= 4 is 35.0 Å². The Balaban J connectivity index is 1.87. The van der Waals surface area contributed by atoms with Gasteiger partial charge >= 0.3 is 0 Å². The Kier molecular flexibility index (Phi) is 9.58. The highest BCUT2D eigenvalue weighted by molar-refractivity contribution is 6.35. The minimum atomic E-state index is -0.681. The highest BCUT2D eigenvalue weighted by atomic mass is 35.5. The fourth-order valence-corrected chi connectivity index (χ4v) is 4.59. The molecule has 0 heterocycles. The Morgan fingerprint density at radius 3 is 2.17 bits per heavy atom. The first-order chi connectivity index (χ1) is 17.1. The van der Waals surface area contributed by atoms with E-state index in [9.17, 15) is 9.59 Å². The maximum atomic E-state index is 13.7. The second-order valence-corrected chi connectivity index (χ2v) is 10.9. The molecule has 3 aromatic carbocycles. The molecule has 0 saturated carbocycles. The van der Waals surface area contributed by atoms with Crippen LogP contribution in [0.1, 0.15) is 49.4 Å². The Morgan fingerprint density at radius 2 is 1.58 bits per heavy atom. The molecule has 1 atom stereocenters. The summed E-state index contributed by atoms with van der Waals surface area (Å²) in [6, 6.07) is 22.6. The number of aryl methyl sites for hydroxylation is 1. The summed E-state index contributed by atoms with van der Waals surface area (Å²) in [6.45, 7) is 6.74. The number of benzene rings is 3. The molecule has 0 aromatic heterocycles. The van der Waals surface area contributed by atoms with E-state index in [1.807, 2.05) is 30.3 Å². The van der Waals surface area contributed by atoms with Crippen molar-refractivity contribution in [1.82, 2.24) is 10.2 Å². The molecular weight excluding hydrogens is 491 g/mol. The van der Waals surface area contributed by atoms with E-state index in [0.29, 0.717) is 22.9 Å². The Hall–Kier alpha value is -2.82. The molecule has 6 heteroatoms. The van der Waals surface area contributed by atoms with Gasteiger partial charge in [0.15, 0.2) is 0 Å². The van der Waals surface area contributed by atoms with Crippen LogP contribution >= 0.6 is 23.2 Å². The van der Waals surface area contributed by atoms with Crippen LogP contribution in [0.5, 0.6) is 0 Å². The number of rotatable bonds is 9. The van der Waals surface area contributed by atoms with E-state index in [1.165, 1.54) is 5.56 Å². The lowest BCUT2D eigenvalue weighted by molar-refractivity contribution is -0.141. The molecule has 2 amide bonds. The fraction of sp³-hybridized carbons (Fsp3) is 0.333. The Labute approximate surface area is 224 Å². The van der Waals surface area contributed by atoms with Gasteiger partial charge in [0.1, 0.15) is 6.04 Å². The van der Waals surface area contributed by atoms with Crippen molar-refractivity contribution in [2.45, 2.75) is 58.0 Å². The molecule has 0 bridgehead atoms. The molecule has 3 rings (SSSR count). The van der Waals surface area contributed by atoms with E-state index in [0.717, 1.165) is 16.7 Å². The van der Waals surface area contributed by atoms with E-state index in [2.05, 4.69) is 50.4 Å². The van der Waals surface area contributed by atoms with Crippen LogP contribution < -0.4 is 5.32 Å². The number of likely N-dealkylation sites (N-methyl/N-ethyl adjacent to an activating group) is 1. The first-order valence-corrected chi connectivity index (χ1v) is 12.9. The monoisotopic (exact) mass is 524 g/mol. The molecule has 0 aliphatic rings. The third-order valence-corrected chi connectivity index (χ3v) is 6.91. The van der Waals surface area contributed by atoms with Crippen molar-refractivity contribution in [1.29, 1.82) is 0 Å². The van der Waals surface area contributed by atoms with Crippen molar-refractivity contribution in [2.24, 2.45) is 0 Å². The van der Waals surface area contributed by atoms with Crippen LogP contribution in [0.2, 0.25) is 10.0 Å². The summed E-state index contributed by atoms with van der Waals surface area (Å²) < 4.78 is 0. The number of nitrogens with one attached hydrogen (secondary N) is 1. The molecule has 0 unspecified atom stereocenters. The fourth-order valence-electron chi connectivity index (χ4n) is 4.12. The third kappa shape index (κ3) is 7.59. The van der Waals surface area contributed by atoms with E-state index < -0.39 is 6.04 Å². The van der Waals surface area contributed by atoms with Crippen LogP contribution in [0, 0.1) is 0 Å². The van der Waals surface area contributed by atoms with Crippen molar-refractivity contribution in [2.75, 3.05) is 7.05 Å². The summed E-state index contributed by atoms with van der Waals surface area (Å²) >= 11 is 12.5. The summed E-state index contributed by atoms with van der Waals surface area (Å²) in [6.07, 6.45) is 1.26. The average Bonchev–Trinajstić information content (AvgIpc) is 2.85. The number of nitrogens with zero attached hydrogens (tertiary/aromatic N) is 1. The maximum Gasteiger partial charge on any atom is 0.242 e. The standard InChI is InChI=1S/C30H34Cl2N2O2/c1-30(2,3)24-14-10-21(11-15-24)12-17-28(35)34(20-23-13-16-25(31)19-26(23)32)27(29(36)33-4)18-22-8-6-5-7-9-22/h5-11,13-16,19,27H,12,17-18,20H2,1-4H3,(H,33,36)/t27-/m1/s1. The smallest absolute Gasteiger partial charge is 0.242 e. The number of carbonyl (C=O) groups is 2. The molecule has 0 radical (unpaired) electrons. The molecule has 0 saturated heterocycles. The van der Waals surface area contributed by atoms with Crippen molar-refractivity contribution < 1.29 is 9.59 Å². The van der Waals surface area contributed by atoms with Crippen LogP contribution in [-0.2, 0) is 34.4 Å². The van der Waals surface area contributed by atoms with Gasteiger partial charge in [-0.2, -0.15) is 0 Å². The summed E-state index contributed by atoms with van der Waals surface area (Å²) in [7, 11) is 1.59. The van der Waals surface area contributed by atoms with Crippen LogP contribution in [0.4, 0.5) is 0 Å². The maximum absolute atomic E-state index is 13.7. The molecule has 0 aliphatic carbocycles. The van der Waals surface area contributed by atoms with Gasteiger partial charge in [0.25, 0.3) is 0 Å². The predicted octanol–water partition coefficient (Wildman–Crippen LogP) is 6.61. The van der Waals surface area contributed by atoms with Gasteiger partial charge in [-0.3, -0.25) is 9.59 Å². The lowest BCUT2D eigenvalue weighted by Gasteiger charge is -2.31. The number of carbonyl (C=O) groups excluding carboxylic acids is 2. The number of hydrogen-bond acceptors (Lipinski definition) is 2. The van der Waals surface area contributed by atoms with E-state index in [4.69, 9.17) is 23.2 Å². The van der Waals surface area contributed by atoms with Gasteiger partial charge in [0.2, 0.25) is 11.8 Å². The molecule has 3 aromatic rings. The summed E-state index contributed by atoms with van der Waals surface area (Å²) in [5.74, 6) is -0.322. The van der Waals surface area contributed by atoms with Gasteiger partial charge < -0.3 is 10.2 Å². The molecule has 36 heavy (non-hydrogen) atoms. The largest absolute Gasteiger partial charge is 0.357 e.